The summed E-state index contributed by atoms with van der Waals surface area (Å²) in [5, 5.41) is 0. The van der Waals surface area contributed by atoms with Crippen LogP contribution in [0.1, 0.15) is 26.7 Å². The molecule has 14 heavy (non-hydrogen) atoms. The molecule has 82 valence electrons. The Kier molecular flexibility index (Phi) is 4.55. The predicted octanol–water partition coefficient (Wildman–Crippen LogP) is 1.32. The van der Waals surface area contributed by atoms with Crippen molar-refractivity contribution in [2.45, 2.75) is 32.7 Å². The molecule has 3 nitrogen and oxygen atoms in total. The average molecular weight is 199 g/mol. The Morgan fingerprint density at radius 1 is 1.43 bits per heavy atom. The van der Waals surface area contributed by atoms with Gasteiger partial charge in [-0.3, -0.25) is 9.69 Å². The SMILES string of the molecule is CC(C)C(=O)CN(C)C1CCOCC1. The first-order valence-corrected chi connectivity index (χ1v) is 5.42. The fourth-order valence-electron chi connectivity index (χ4n) is 1.68. The highest BCUT2D eigenvalue weighted by atomic mass is 16.5. The van der Waals surface area contributed by atoms with Crippen LogP contribution in [0.2, 0.25) is 0 Å². The van der Waals surface area contributed by atoms with E-state index >= 15 is 0 Å². The van der Waals surface area contributed by atoms with Crippen LogP contribution >= 0.6 is 0 Å². The number of hydrogen-bond acceptors (Lipinski definition) is 3. The number of hydrogen-bond donors (Lipinski definition) is 0. The minimum absolute atomic E-state index is 0.150. The lowest BCUT2D eigenvalue weighted by Gasteiger charge is -2.30. The molecule has 1 aliphatic heterocycles. The van der Waals surface area contributed by atoms with Gasteiger partial charge in [-0.1, -0.05) is 13.8 Å². The average Bonchev–Trinajstić information content (AvgIpc) is 2.19. The molecule has 0 saturated carbocycles. The quantitative estimate of drug-likeness (QED) is 0.684. The van der Waals surface area contributed by atoms with Gasteiger partial charge in [0.1, 0.15) is 5.78 Å². The first kappa shape index (κ1) is 11.7. The lowest BCUT2D eigenvalue weighted by Crippen LogP contribution is -2.40. The molecule has 0 bridgehead atoms. The number of rotatable bonds is 4. The molecule has 0 spiro atoms. The monoisotopic (exact) mass is 199 g/mol. The van der Waals surface area contributed by atoms with E-state index < -0.39 is 0 Å². The summed E-state index contributed by atoms with van der Waals surface area (Å²) in [5.41, 5.74) is 0. The van der Waals surface area contributed by atoms with Gasteiger partial charge in [-0.05, 0) is 19.9 Å². The molecule has 3 heteroatoms. The normalized spacial score (nSPS) is 19.2. The van der Waals surface area contributed by atoms with E-state index in [0.29, 0.717) is 18.4 Å². The fourth-order valence-corrected chi connectivity index (χ4v) is 1.68. The van der Waals surface area contributed by atoms with Crippen LogP contribution in [0, 0.1) is 5.92 Å². The van der Waals surface area contributed by atoms with Gasteiger partial charge < -0.3 is 4.74 Å². The van der Waals surface area contributed by atoms with Gasteiger partial charge in [0.05, 0.1) is 6.54 Å². The van der Waals surface area contributed by atoms with Crippen LogP contribution in [-0.4, -0.2) is 43.5 Å². The summed E-state index contributed by atoms with van der Waals surface area (Å²) in [6, 6.07) is 0.534. The van der Waals surface area contributed by atoms with Gasteiger partial charge in [0.15, 0.2) is 0 Å². The first-order chi connectivity index (χ1) is 6.61. The zero-order valence-corrected chi connectivity index (χ0v) is 9.45. The second kappa shape index (κ2) is 5.47. The molecule has 0 aromatic heterocycles. The Labute approximate surface area is 86.4 Å². The van der Waals surface area contributed by atoms with E-state index in [1.54, 1.807) is 0 Å². The lowest BCUT2D eigenvalue weighted by molar-refractivity contribution is -0.123. The van der Waals surface area contributed by atoms with E-state index in [-0.39, 0.29) is 5.92 Å². The number of carbonyl (C=O) groups excluding carboxylic acids is 1. The first-order valence-electron chi connectivity index (χ1n) is 5.42. The number of carbonyl (C=O) groups is 1. The Morgan fingerprint density at radius 3 is 2.50 bits per heavy atom. The smallest absolute Gasteiger partial charge is 0.149 e. The highest BCUT2D eigenvalue weighted by molar-refractivity contribution is 5.82. The molecule has 0 aromatic rings. The van der Waals surface area contributed by atoms with E-state index in [1.165, 1.54) is 0 Å². The molecule has 1 fully saturated rings. The number of likely N-dealkylation sites (N-methyl/N-ethyl adjacent to an activating group) is 1. The topological polar surface area (TPSA) is 29.5 Å². The van der Waals surface area contributed by atoms with E-state index in [0.717, 1.165) is 26.1 Å². The van der Waals surface area contributed by atoms with Gasteiger partial charge in [-0.25, -0.2) is 0 Å². The maximum absolute atomic E-state index is 11.5. The van der Waals surface area contributed by atoms with Crippen molar-refractivity contribution < 1.29 is 9.53 Å². The highest BCUT2D eigenvalue weighted by Gasteiger charge is 2.20. The van der Waals surface area contributed by atoms with Crippen molar-refractivity contribution in [2.75, 3.05) is 26.8 Å². The van der Waals surface area contributed by atoms with Crippen LogP contribution in [0.15, 0.2) is 0 Å². The Morgan fingerprint density at radius 2 is 2.00 bits per heavy atom. The number of Topliss-reactive ketones (excluding diaryl/α,β-unsaturated/α-hetero) is 1. The summed E-state index contributed by atoms with van der Waals surface area (Å²) in [7, 11) is 2.04. The largest absolute Gasteiger partial charge is 0.381 e. The Balaban J connectivity index is 2.32. The van der Waals surface area contributed by atoms with Crippen molar-refractivity contribution in [2.24, 2.45) is 5.92 Å². The second-order valence-corrected chi connectivity index (χ2v) is 4.38. The van der Waals surface area contributed by atoms with Crippen molar-refractivity contribution >= 4 is 5.78 Å². The van der Waals surface area contributed by atoms with E-state index in [2.05, 4.69) is 4.90 Å². The minimum atomic E-state index is 0.150. The van der Waals surface area contributed by atoms with Gasteiger partial charge in [-0.15, -0.1) is 0 Å². The van der Waals surface area contributed by atoms with Crippen LogP contribution in [0.3, 0.4) is 0 Å². The minimum Gasteiger partial charge on any atom is -0.381 e. The molecule has 1 rings (SSSR count). The van der Waals surface area contributed by atoms with Gasteiger partial charge in [0.2, 0.25) is 0 Å². The van der Waals surface area contributed by atoms with Crippen LogP contribution < -0.4 is 0 Å². The molecule has 1 saturated heterocycles. The molecule has 0 amide bonds. The van der Waals surface area contributed by atoms with Crippen molar-refractivity contribution in [3.8, 4) is 0 Å². The van der Waals surface area contributed by atoms with E-state index in [1.807, 2.05) is 20.9 Å². The molecule has 0 aromatic carbocycles. The third-order valence-electron chi connectivity index (χ3n) is 2.86. The molecule has 1 aliphatic rings. The number of ether oxygens (including phenoxy) is 1. The molecule has 1 heterocycles. The molecular weight excluding hydrogens is 178 g/mol. The second-order valence-electron chi connectivity index (χ2n) is 4.38. The van der Waals surface area contributed by atoms with Crippen molar-refractivity contribution in [3.63, 3.8) is 0 Å². The van der Waals surface area contributed by atoms with Crippen LogP contribution in [0.25, 0.3) is 0 Å². The van der Waals surface area contributed by atoms with Gasteiger partial charge in [0.25, 0.3) is 0 Å². The lowest BCUT2D eigenvalue weighted by atomic mass is 10.0. The predicted molar refractivity (Wildman–Crippen MR) is 56.3 cm³/mol. The molecule has 0 unspecified atom stereocenters. The van der Waals surface area contributed by atoms with Gasteiger partial charge in [-0.2, -0.15) is 0 Å². The molecular formula is C11H21NO2. The zero-order chi connectivity index (χ0) is 10.6. The summed E-state index contributed by atoms with van der Waals surface area (Å²) in [6.45, 7) is 6.18. The van der Waals surface area contributed by atoms with Crippen LogP contribution in [0.5, 0.6) is 0 Å². The number of nitrogens with zero attached hydrogens (tertiary/aromatic N) is 1. The molecule has 0 N–H and O–H groups in total. The van der Waals surface area contributed by atoms with E-state index in [9.17, 15) is 4.79 Å². The molecule has 0 atom stereocenters. The fraction of sp³-hybridized carbons (Fsp3) is 0.909. The number of ketones is 1. The molecule has 0 radical (unpaired) electrons. The maximum Gasteiger partial charge on any atom is 0.149 e. The summed E-state index contributed by atoms with van der Waals surface area (Å²) in [4.78, 5) is 13.7. The van der Waals surface area contributed by atoms with Gasteiger partial charge >= 0.3 is 0 Å². The third-order valence-corrected chi connectivity index (χ3v) is 2.86. The summed E-state index contributed by atoms with van der Waals surface area (Å²) < 4.78 is 5.29. The zero-order valence-electron chi connectivity index (χ0n) is 9.45. The summed E-state index contributed by atoms with van der Waals surface area (Å²) in [6.07, 6.45) is 2.11. The van der Waals surface area contributed by atoms with Crippen molar-refractivity contribution in [3.05, 3.63) is 0 Å². The van der Waals surface area contributed by atoms with Gasteiger partial charge in [0, 0.05) is 25.2 Å². The Bertz CT molecular complexity index is 186. The summed E-state index contributed by atoms with van der Waals surface area (Å²) >= 11 is 0. The summed E-state index contributed by atoms with van der Waals surface area (Å²) in [5.74, 6) is 0.483. The van der Waals surface area contributed by atoms with E-state index in [4.69, 9.17) is 4.74 Å². The van der Waals surface area contributed by atoms with Crippen LogP contribution in [-0.2, 0) is 9.53 Å². The standard InChI is InChI=1S/C11H21NO2/c1-9(2)11(13)8-12(3)10-4-6-14-7-5-10/h9-10H,4-8H2,1-3H3. The van der Waals surface area contributed by atoms with Crippen LogP contribution in [0.4, 0.5) is 0 Å². The van der Waals surface area contributed by atoms with Crippen molar-refractivity contribution in [1.82, 2.24) is 4.90 Å². The maximum atomic E-state index is 11.5. The third kappa shape index (κ3) is 3.39. The molecule has 0 aliphatic carbocycles. The van der Waals surface area contributed by atoms with Crippen molar-refractivity contribution in [1.29, 1.82) is 0 Å². The Hall–Kier alpha value is -0.410. The highest BCUT2D eigenvalue weighted by Crippen LogP contribution is 2.13.